The molecule has 4 heteroatoms. The molecule has 0 amide bonds. The quantitative estimate of drug-likeness (QED) is 0.768. The molecule has 3 nitrogen and oxygen atoms in total. The predicted molar refractivity (Wildman–Crippen MR) is 54.3 cm³/mol. The van der Waals surface area contributed by atoms with E-state index in [9.17, 15) is 4.39 Å². The summed E-state index contributed by atoms with van der Waals surface area (Å²) < 4.78 is 20.3. The van der Waals surface area contributed by atoms with Gasteiger partial charge in [-0.1, -0.05) is 12.1 Å². The number of rotatable bonds is 3. The second kappa shape index (κ2) is 4.13. The average Bonchev–Trinajstić information content (AvgIpc) is 2.74. The van der Waals surface area contributed by atoms with Crippen molar-refractivity contribution in [2.75, 3.05) is 7.11 Å². The molecular weight excluding hydrogens is 195 g/mol. The predicted octanol–water partition coefficient (Wildman–Crippen LogP) is 2.08. The number of nitrogens with zero attached hydrogens (tertiary/aromatic N) is 2. The zero-order chi connectivity index (χ0) is 10.7. The molecule has 1 heterocycles. The first-order valence-electron chi connectivity index (χ1n) is 4.60. The van der Waals surface area contributed by atoms with E-state index in [1.807, 2.05) is 0 Å². The molecule has 0 spiro atoms. The summed E-state index contributed by atoms with van der Waals surface area (Å²) in [5, 5.41) is 4.02. The summed E-state index contributed by atoms with van der Waals surface area (Å²) in [7, 11) is 1.45. The Morgan fingerprint density at radius 3 is 2.93 bits per heavy atom. The fourth-order valence-electron chi connectivity index (χ4n) is 1.40. The van der Waals surface area contributed by atoms with Crippen LogP contribution in [0.25, 0.3) is 0 Å². The highest BCUT2D eigenvalue weighted by molar-refractivity contribution is 5.31. The second-order valence-corrected chi connectivity index (χ2v) is 3.14. The zero-order valence-electron chi connectivity index (χ0n) is 8.35. The van der Waals surface area contributed by atoms with Gasteiger partial charge in [-0.15, -0.1) is 0 Å². The van der Waals surface area contributed by atoms with Gasteiger partial charge in [0.15, 0.2) is 11.6 Å². The van der Waals surface area contributed by atoms with Crippen molar-refractivity contribution in [2.45, 2.75) is 6.54 Å². The minimum Gasteiger partial charge on any atom is -0.494 e. The van der Waals surface area contributed by atoms with Gasteiger partial charge in [-0.05, 0) is 12.1 Å². The van der Waals surface area contributed by atoms with Gasteiger partial charge < -0.3 is 4.74 Å². The van der Waals surface area contributed by atoms with Gasteiger partial charge in [0.25, 0.3) is 0 Å². The maximum absolute atomic E-state index is 13.7. The van der Waals surface area contributed by atoms with Crippen molar-refractivity contribution < 1.29 is 9.13 Å². The van der Waals surface area contributed by atoms with E-state index in [1.54, 1.807) is 41.3 Å². The van der Waals surface area contributed by atoms with Crippen molar-refractivity contribution in [3.63, 3.8) is 0 Å². The lowest BCUT2D eigenvalue weighted by atomic mass is 10.2. The van der Waals surface area contributed by atoms with Gasteiger partial charge in [0, 0.05) is 18.0 Å². The van der Waals surface area contributed by atoms with E-state index in [4.69, 9.17) is 4.74 Å². The van der Waals surface area contributed by atoms with E-state index in [2.05, 4.69) is 5.10 Å². The Labute approximate surface area is 87.1 Å². The first-order valence-corrected chi connectivity index (χ1v) is 4.60. The summed E-state index contributed by atoms with van der Waals surface area (Å²) >= 11 is 0. The molecule has 0 aliphatic heterocycles. The van der Waals surface area contributed by atoms with Gasteiger partial charge in [0.05, 0.1) is 13.7 Å². The molecular formula is C11H11FN2O. The van der Waals surface area contributed by atoms with Gasteiger partial charge in [-0.25, -0.2) is 4.39 Å². The standard InChI is InChI=1S/C11H11FN2O/c1-15-10-5-2-4-9(11(10)12)8-14-7-3-6-13-14/h2-7H,8H2,1H3. The first kappa shape index (κ1) is 9.71. The molecule has 0 saturated carbocycles. The minimum atomic E-state index is -0.324. The van der Waals surface area contributed by atoms with Crippen LogP contribution in [0.15, 0.2) is 36.7 Å². The topological polar surface area (TPSA) is 27.1 Å². The van der Waals surface area contributed by atoms with Crippen LogP contribution in [0.3, 0.4) is 0 Å². The van der Waals surface area contributed by atoms with Crippen molar-refractivity contribution in [1.29, 1.82) is 0 Å². The fraction of sp³-hybridized carbons (Fsp3) is 0.182. The lowest BCUT2D eigenvalue weighted by molar-refractivity contribution is 0.383. The lowest BCUT2D eigenvalue weighted by Crippen LogP contribution is -2.03. The number of halogens is 1. The van der Waals surface area contributed by atoms with Crippen molar-refractivity contribution in [3.05, 3.63) is 48.0 Å². The zero-order valence-corrected chi connectivity index (χ0v) is 8.35. The van der Waals surface area contributed by atoms with Crippen LogP contribution >= 0.6 is 0 Å². The first-order chi connectivity index (χ1) is 7.31. The third-order valence-electron chi connectivity index (χ3n) is 2.15. The summed E-state index contributed by atoms with van der Waals surface area (Å²) in [5.74, 6) is -0.0600. The number of methoxy groups -OCH3 is 1. The maximum Gasteiger partial charge on any atom is 0.170 e. The van der Waals surface area contributed by atoms with Crippen LogP contribution in [0, 0.1) is 5.82 Å². The number of benzene rings is 1. The molecule has 0 unspecified atom stereocenters. The van der Waals surface area contributed by atoms with Crippen molar-refractivity contribution >= 4 is 0 Å². The molecule has 0 saturated heterocycles. The third kappa shape index (κ3) is 1.98. The minimum absolute atomic E-state index is 0.264. The molecule has 0 bridgehead atoms. The van der Waals surface area contributed by atoms with Crippen LogP contribution in [0.5, 0.6) is 5.75 Å². The summed E-state index contributed by atoms with van der Waals surface area (Å²) in [6.45, 7) is 0.413. The van der Waals surface area contributed by atoms with E-state index < -0.39 is 0 Å². The Balaban J connectivity index is 2.29. The second-order valence-electron chi connectivity index (χ2n) is 3.14. The smallest absolute Gasteiger partial charge is 0.170 e. The average molecular weight is 206 g/mol. The Morgan fingerprint density at radius 1 is 1.40 bits per heavy atom. The molecule has 0 aliphatic rings. The summed E-state index contributed by atoms with van der Waals surface area (Å²) in [6, 6.07) is 6.89. The van der Waals surface area contributed by atoms with E-state index in [0.717, 1.165) is 0 Å². The lowest BCUT2D eigenvalue weighted by Gasteiger charge is -2.07. The van der Waals surface area contributed by atoms with E-state index >= 15 is 0 Å². The number of ether oxygens (including phenoxy) is 1. The molecule has 0 atom stereocenters. The SMILES string of the molecule is COc1cccc(Cn2cccn2)c1F. The van der Waals surface area contributed by atoms with Crippen LogP contribution < -0.4 is 4.74 Å². The molecule has 0 radical (unpaired) electrons. The van der Waals surface area contributed by atoms with E-state index in [0.29, 0.717) is 12.1 Å². The monoisotopic (exact) mass is 206 g/mol. The van der Waals surface area contributed by atoms with Gasteiger partial charge in [-0.2, -0.15) is 5.10 Å². The molecule has 0 fully saturated rings. The summed E-state index contributed by atoms with van der Waals surface area (Å²) in [6.07, 6.45) is 3.46. The van der Waals surface area contributed by atoms with Gasteiger partial charge in [-0.3, -0.25) is 4.68 Å². The Morgan fingerprint density at radius 2 is 2.27 bits per heavy atom. The Kier molecular flexibility index (Phi) is 2.67. The molecule has 15 heavy (non-hydrogen) atoms. The van der Waals surface area contributed by atoms with Crippen LogP contribution in [0.4, 0.5) is 4.39 Å². The number of hydrogen-bond donors (Lipinski definition) is 0. The fourth-order valence-corrected chi connectivity index (χ4v) is 1.40. The Hall–Kier alpha value is -1.84. The number of hydrogen-bond acceptors (Lipinski definition) is 2. The van der Waals surface area contributed by atoms with Crippen LogP contribution in [-0.4, -0.2) is 16.9 Å². The summed E-state index contributed by atoms with van der Waals surface area (Å²) in [4.78, 5) is 0. The van der Waals surface area contributed by atoms with Crippen molar-refractivity contribution in [3.8, 4) is 5.75 Å². The van der Waals surface area contributed by atoms with Gasteiger partial charge in [0.1, 0.15) is 0 Å². The number of aromatic nitrogens is 2. The highest BCUT2D eigenvalue weighted by Gasteiger charge is 2.08. The van der Waals surface area contributed by atoms with Crippen LogP contribution in [0.1, 0.15) is 5.56 Å². The molecule has 2 aromatic rings. The molecule has 1 aromatic heterocycles. The van der Waals surface area contributed by atoms with Crippen LogP contribution in [-0.2, 0) is 6.54 Å². The van der Waals surface area contributed by atoms with E-state index in [1.165, 1.54) is 7.11 Å². The molecule has 0 aliphatic carbocycles. The van der Waals surface area contributed by atoms with Crippen molar-refractivity contribution in [2.24, 2.45) is 0 Å². The van der Waals surface area contributed by atoms with E-state index in [-0.39, 0.29) is 11.6 Å². The highest BCUT2D eigenvalue weighted by atomic mass is 19.1. The van der Waals surface area contributed by atoms with Crippen molar-refractivity contribution in [1.82, 2.24) is 9.78 Å². The van der Waals surface area contributed by atoms with Gasteiger partial charge in [0.2, 0.25) is 0 Å². The normalized spacial score (nSPS) is 10.3. The molecule has 78 valence electrons. The Bertz CT molecular complexity index is 440. The van der Waals surface area contributed by atoms with Crippen LogP contribution in [0.2, 0.25) is 0 Å². The largest absolute Gasteiger partial charge is 0.494 e. The third-order valence-corrected chi connectivity index (χ3v) is 2.15. The molecule has 1 aromatic carbocycles. The maximum atomic E-state index is 13.7. The molecule has 2 rings (SSSR count). The van der Waals surface area contributed by atoms with Gasteiger partial charge >= 0.3 is 0 Å². The highest BCUT2D eigenvalue weighted by Crippen LogP contribution is 2.20. The summed E-state index contributed by atoms with van der Waals surface area (Å²) in [5.41, 5.74) is 0.568. The molecule has 0 N–H and O–H groups in total.